The topological polar surface area (TPSA) is 89.8 Å². The number of hydrogen-bond donors (Lipinski definition) is 1. The molecule has 2 aromatic heterocycles. The summed E-state index contributed by atoms with van der Waals surface area (Å²) in [5, 5.41) is 3.99. The monoisotopic (exact) mass is 341 g/mol. The molecule has 0 saturated carbocycles. The first-order chi connectivity index (χ1) is 10.1. The first kappa shape index (κ1) is 14.0. The molecule has 0 radical (unpaired) electrons. The Bertz CT molecular complexity index is 860. The quantitative estimate of drug-likeness (QED) is 0.785. The molecule has 3 rings (SSSR count). The SMILES string of the molecule is O=S(=O)(Nc1ccccc1-n1cncn1)c1cnc(Cl)s1. The molecule has 0 aliphatic carbocycles. The van der Waals surface area contributed by atoms with Crippen LogP contribution >= 0.6 is 22.9 Å². The molecule has 0 saturated heterocycles. The van der Waals surface area contributed by atoms with E-state index in [1.165, 1.54) is 23.5 Å². The minimum atomic E-state index is -3.75. The highest BCUT2D eigenvalue weighted by Crippen LogP contribution is 2.27. The van der Waals surface area contributed by atoms with E-state index in [9.17, 15) is 8.42 Å². The molecule has 3 aromatic rings. The van der Waals surface area contributed by atoms with Crippen LogP contribution in [0.3, 0.4) is 0 Å². The Hall–Kier alpha value is -1.97. The third-order valence-corrected chi connectivity index (χ3v) is 5.48. The average Bonchev–Trinajstić information content (AvgIpc) is 3.10. The molecule has 0 fully saturated rings. The molecule has 108 valence electrons. The number of nitrogens with one attached hydrogen (secondary N) is 1. The van der Waals surface area contributed by atoms with Gasteiger partial charge in [0.1, 0.15) is 12.7 Å². The molecule has 0 amide bonds. The number of para-hydroxylation sites is 2. The number of thiazole rings is 1. The first-order valence-corrected chi connectivity index (χ1v) is 8.32. The van der Waals surface area contributed by atoms with Crippen molar-refractivity contribution >= 4 is 38.6 Å². The Morgan fingerprint density at radius 2 is 2.10 bits per heavy atom. The van der Waals surface area contributed by atoms with Gasteiger partial charge in [-0.3, -0.25) is 4.72 Å². The lowest BCUT2D eigenvalue weighted by Gasteiger charge is -2.10. The maximum absolute atomic E-state index is 12.3. The number of rotatable bonds is 4. The number of anilines is 1. The zero-order valence-corrected chi connectivity index (χ0v) is 12.7. The van der Waals surface area contributed by atoms with Crippen molar-refractivity contribution in [1.29, 1.82) is 0 Å². The van der Waals surface area contributed by atoms with E-state index in [4.69, 9.17) is 11.6 Å². The zero-order valence-electron chi connectivity index (χ0n) is 10.3. The van der Waals surface area contributed by atoms with Crippen LogP contribution in [0.4, 0.5) is 5.69 Å². The van der Waals surface area contributed by atoms with E-state index in [2.05, 4.69) is 19.8 Å². The second-order valence-electron chi connectivity index (χ2n) is 3.89. The van der Waals surface area contributed by atoms with Gasteiger partial charge in [-0.05, 0) is 12.1 Å². The molecule has 21 heavy (non-hydrogen) atoms. The summed E-state index contributed by atoms with van der Waals surface area (Å²) in [7, 11) is -3.75. The maximum Gasteiger partial charge on any atom is 0.273 e. The lowest BCUT2D eigenvalue weighted by atomic mass is 10.3. The smallest absolute Gasteiger partial charge is 0.273 e. The van der Waals surface area contributed by atoms with Crippen LogP contribution < -0.4 is 4.72 Å². The molecular formula is C11H8ClN5O2S2. The Balaban J connectivity index is 1.99. The Labute approximate surface area is 129 Å². The summed E-state index contributed by atoms with van der Waals surface area (Å²) in [6, 6.07) is 6.86. The van der Waals surface area contributed by atoms with E-state index in [0.717, 1.165) is 11.3 Å². The Kier molecular flexibility index (Phi) is 3.62. The molecule has 7 nitrogen and oxygen atoms in total. The lowest BCUT2D eigenvalue weighted by Crippen LogP contribution is -2.13. The first-order valence-electron chi connectivity index (χ1n) is 5.64. The van der Waals surface area contributed by atoms with Gasteiger partial charge < -0.3 is 0 Å². The maximum atomic E-state index is 12.3. The predicted molar refractivity (Wildman–Crippen MR) is 79.3 cm³/mol. The van der Waals surface area contributed by atoms with Gasteiger partial charge in [0.15, 0.2) is 8.68 Å². The Morgan fingerprint density at radius 1 is 1.29 bits per heavy atom. The molecule has 0 aliphatic heterocycles. The number of aromatic nitrogens is 4. The van der Waals surface area contributed by atoms with Gasteiger partial charge in [0.25, 0.3) is 10.0 Å². The highest BCUT2D eigenvalue weighted by atomic mass is 35.5. The summed E-state index contributed by atoms with van der Waals surface area (Å²) in [5.41, 5.74) is 0.946. The summed E-state index contributed by atoms with van der Waals surface area (Å²) < 4.78 is 28.8. The summed E-state index contributed by atoms with van der Waals surface area (Å²) in [6.07, 6.45) is 4.07. The van der Waals surface area contributed by atoms with Gasteiger partial charge in [0.2, 0.25) is 0 Å². The average molecular weight is 342 g/mol. The third kappa shape index (κ3) is 2.89. The van der Waals surface area contributed by atoms with Crippen molar-refractivity contribution in [3.63, 3.8) is 0 Å². The molecule has 0 aliphatic rings. The third-order valence-electron chi connectivity index (χ3n) is 2.54. The van der Waals surface area contributed by atoms with Crippen LogP contribution in [0.5, 0.6) is 0 Å². The van der Waals surface area contributed by atoms with Crippen molar-refractivity contribution in [2.24, 2.45) is 0 Å². The summed E-state index contributed by atoms with van der Waals surface area (Å²) in [6.45, 7) is 0. The van der Waals surface area contributed by atoms with Crippen LogP contribution in [0.2, 0.25) is 4.47 Å². The van der Waals surface area contributed by atoms with E-state index < -0.39 is 10.0 Å². The summed E-state index contributed by atoms with van der Waals surface area (Å²) in [5.74, 6) is 0. The molecule has 1 aromatic carbocycles. The van der Waals surface area contributed by atoms with Crippen molar-refractivity contribution in [3.05, 3.63) is 47.6 Å². The molecule has 2 heterocycles. The van der Waals surface area contributed by atoms with Crippen molar-refractivity contribution < 1.29 is 8.42 Å². The number of sulfonamides is 1. The van der Waals surface area contributed by atoms with Crippen molar-refractivity contribution in [2.45, 2.75) is 4.21 Å². The fraction of sp³-hybridized carbons (Fsp3) is 0. The van der Waals surface area contributed by atoms with Gasteiger partial charge in [0.05, 0.1) is 17.6 Å². The van der Waals surface area contributed by atoms with Gasteiger partial charge in [0, 0.05) is 0 Å². The van der Waals surface area contributed by atoms with E-state index in [1.54, 1.807) is 24.3 Å². The number of hydrogen-bond acceptors (Lipinski definition) is 6. The molecule has 1 N–H and O–H groups in total. The van der Waals surface area contributed by atoms with Gasteiger partial charge in [-0.15, -0.1) is 0 Å². The second kappa shape index (κ2) is 5.43. The normalized spacial score (nSPS) is 11.5. The lowest BCUT2D eigenvalue weighted by molar-refractivity contribution is 0.603. The van der Waals surface area contributed by atoms with E-state index in [1.807, 2.05) is 0 Å². The highest BCUT2D eigenvalue weighted by Gasteiger charge is 2.19. The largest absolute Gasteiger partial charge is 0.277 e. The van der Waals surface area contributed by atoms with Crippen LogP contribution in [-0.2, 0) is 10.0 Å². The van der Waals surface area contributed by atoms with Gasteiger partial charge >= 0.3 is 0 Å². The molecule has 0 bridgehead atoms. The summed E-state index contributed by atoms with van der Waals surface area (Å²) in [4.78, 5) is 7.58. The van der Waals surface area contributed by atoms with Gasteiger partial charge in [-0.25, -0.2) is 23.1 Å². The fourth-order valence-electron chi connectivity index (χ4n) is 1.65. The van der Waals surface area contributed by atoms with E-state index in [-0.39, 0.29) is 8.68 Å². The van der Waals surface area contributed by atoms with Crippen molar-refractivity contribution in [3.8, 4) is 5.69 Å². The van der Waals surface area contributed by atoms with Crippen LogP contribution in [0, 0.1) is 0 Å². The molecule has 0 spiro atoms. The number of nitrogens with zero attached hydrogens (tertiary/aromatic N) is 4. The second-order valence-corrected chi connectivity index (χ2v) is 7.42. The highest BCUT2D eigenvalue weighted by molar-refractivity contribution is 7.94. The van der Waals surface area contributed by atoms with Crippen molar-refractivity contribution in [1.82, 2.24) is 19.7 Å². The molecular weight excluding hydrogens is 334 g/mol. The van der Waals surface area contributed by atoms with Crippen molar-refractivity contribution in [2.75, 3.05) is 4.72 Å². The fourth-order valence-corrected chi connectivity index (χ4v) is 4.02. The predicted octanol–water partition coefficient (Wildman–Crippen LogP) is 2.18. The molecule has 10 heteroatoms. The zero-order chi connectivity index (χ0) is 14.9. The van der Waals surface area contributed by atoms with E-state index >= 15 is 0 Å². The minimum Gasteiger partial charge on any atom is -0.277 e. The van der Waals surface area contributed by atoms with Gasteiger partial charge in [-0.2, -0.15) is 5.10 Å². The minimum absolute atomic E-state index is 0.0425. The molecule has 0 atom stereocenters. The van der Waals surface area contributed by atoms with Crippen LogP contribution in [0.15, 0.2) is 47.3 Å². The number of benzene rings is 1. The standard InChI is InChI=1S/C11H8ClN5O2S2/c12-11-14-5-10(20-11)21(18,19)16-8-3-1-2-4-9(8)17-7-13-6-15-17/h1-7,16H. The van der Waals surface area contributed by atoms with E-state index in [0.29, 0.717) is 11.4 Å². The summed E-state index contributed by atoms with van der Waals surface area (Å²) >= 11 is 6.56. The van der Waals surface area contributed by atoms with Crippen LogP contribution in [0.1, 0.15) is 0 Å². The molecule has 0 unspecified atom stereocenters. The van der Waals surface area contributed by atoms with Gasteiger partial charge in [-0.1, -0.05) is 35.1 Å². The number of halogens is 1. The Morgan fingerprint density at radius 3 is 2.76 bits per heavy atom. The van der Waals surface area contributed by atoms with Crippen LogP contribution in [-0.4, -0.2) is 28.2 Å². The van der Waals surface area contributed by atoms with Crippen LogP contribution in [0.25, 0.3) is 5.69 Å².